The highest BCUT2D eigenvalue weighted by atomic mass is 35.5. The number of rotatable bonds is 5. The maximum Gasteiger partial charge on any atom is 0.264 e. The van der Waals surface area contributed by atoms with Gasteiger partial charge >= 0.3 is 0 Å². The molecule has 0 saturated heterocycles. The van der Waals surface area contributed by atoms with Gasteiger partial charge in [-0.2, -0.15) is 0 Å². The number of nitrogens with zero attached hydrogens (tertiary/aromatic N) is 1. The Hall–Kier alpha value is -1.21. The zero-order chi connectivity index (χ0) is 22.1. The number of hydrogen-bond donors (Lipinski definition) is 1. The van der Waals surface area contributed by atoms with Gasteiger partial charge in [0.2, 0.25) is 0 Å². The summed E-state index contributed by atoms with van der Waals surface area (Å²) in [5.74, 6) is -0.438. The third kappa shape index (κ3) is 4.92. The number of ether oxygens (including phenoxy) is 1. The molecule has 1 amide bonds. The van der Waals surface area contributed by atoms with E-state index in [-0.39, 0.29) is 37.5 Å². The highest BCUT2D eigenvalue weighted by Gasteiger charge is 2.21. The van der Waals surface area contributed by atoms with Crippen molar-refractivity contribution in [3.63, 3.8) is 0 Å². The Labute approximate surface area is 208 Å². The molecule has 2 aromatic carbocycles. The van der Waals surface area contributed by atoms with Crippen LogP contribution in [0.15, 0.2) is 23.6 Å². The van der Waals surface area contributed by atoms with E-state index in [0.717, 1.165) is 24.1 Å². The second kappa shape index (κ2) is 9.74. The normalized spacial score (nSPS) is 13.1. The lowest BCUT2D eigenvalue weighted by molar-refractivity contribution is -0.118. The molecule has 0 saturated carbocycles. The SMILES string of the molecule is O=C(COc1c(Cl)c(Cl)c(Cl)c(Cl)c1Cl)Nc1nc(-c2ccc3c(c2)CCCC3)cs1. The molecule has 3 aromatic rings. The van der Waals surface area contributed by atoms with E-state index in [1.807, 2.05) is 5.38 Å². The van der Waals surface area contributed by atoms with Gasteiger partial charge in [-0.15, -0.1) is 11.3 Å². The molecule has 0 fully saturated rings. The van der Waals surface area contributed by atoms with Gasteiger partial charge < -0.3 is 4.74 Å². The third-order valence-electron chi connectivity index (χ3n) is 4.91. The number of anilines is 1. The lowest BCUT2D eigenvalue weighted by Gasteiger charge is -2.16. The number of thiazole rings is 1. The molecule has 1 N–H and O–H groups in total. The molecule has 0 aliphatic heterocycles. The summed E-state index contributed by atoms with van der Waals surface area (Å²) in [6.07, 6.45) is 4.68. The average Bonchev–Trinajstić information content (AvgIpc) is 3.24. The predicted octanol–water partition coefficient (Wildman–Crippen LogP) is 7.97. The first kappa shape index (κ1) is 23.0. The zero-order valence-corrected chi connectivity index (χ0v) is 20.5. The molecule has 1 aliphatic rings. The summed E-state index contributed by atoms with van der Waals surface area (Å²) >= 11 is 31.5. The second-order valence-corrected chi connectivity index (χ2v) is 9.71. The number of carbonyl (C=O) groups is 1. The van der Waals surface area contributed by atoms with Crippen LogP contribution < -0.4 is 10.1 Å². The number of carbonyl (C=O) groups excluding carboxylic acids is 1. The second-order valence-electron chi connectivity index (χ2n) is 6.96. The van der Waals surface area contributed by atoms with E-state index in [1.165, 1.54) is 35.3 Å². The van der Waals surface area contributed by atoms with Gasteiger partial charge in [0.05, 0.1) is 20.8 Å². The van der Waals surface area contributed by atoms with Crippen LogP contribution in [-0.4, -0.2) is 17.5 Å². The summed E-state index contributed by atoms with van der Waals surface area (Å²) < 4.78 is 5.45. The van der Waals surface area contributed by atoms with Crippen LogP contribution in [0.1, 0.15) is 24.0 Å². The molecule has 4 rings (SSSR count). The van der Waals surface area contributed by atoms with Crippen LogP contribution in [-0.2, 0) is 17.6 Å². The Bertz CT molecular complexity index is 1140. The van der Waals surface area contributed by atoms with Gasteiger partial charge in [0.25, 0.3) is 5.91 Å². The minimum Gasteiger partial charge on any atom is -0.481 e. The van der Waals surface area contributed by atoms with Gasteiger partial charge in [-0.3, -0.25) is 10.1 Å². The number of hydrogen-bond acceptors (Lipinski definition) is 4. The number of halogens is 5. The van der Waals surface area contributed by atoms with Crippen LogP contribution >= 0.6 is 69.3 Å². The van der Waals surface area contributed by atoms with Crippen molar-refractivity contribution in [2.75, 3.05) is 11.9 Å². The average molecular weight is 537 g/mol. The van der Waals surface area contributed by atoms with Crippen molar-refractivity contribution in [1.29, 1.82) is 0 Å². The summed E-state index contributed by atoms with van der Waals surface area (Å²) in [6, 6.07) is 6.44. The fraction of sp³-hybridized carbons (Fsp3) is 0.238. The van der Waals surface area contributed by atoms with Crippen LogP contribution in [0.25, 0.3) is 11.3 Å². The zero-order valence-electron chi connectivity index (χ0n) is 15.9. The van der Waals surface area contributed by atoms with Gasteiger partial charge in [0.1, 0.15) is 10.0 Å². The first-order valence-electron chi connectivity index (χ1n) is 9.37. The molecule has 0 unspecified atom stereocenters. The molecule has 10 heteroatoms. The molecule has 0 bridgehead atoms. The number of nitrogens with one attached hydrogen (secondary N) is 1. The van der Waals surface area contributed by atoms with E-state index in [2.05, 4.69) is 28.5 Å². The van der Waals surface area contributed by atoms with Crippen LogP contribution in [0, 0.1) is 0 Å². The van der Waals surface area contributed by atoms with Gasteiger partial charge in [-0.05, 0) is 42.9 Å². The molecule has 4 nitrogen and oxygen atoms in total. The number of benzene rings is 2. The fourth-order valence-electron chi connectivity index (χ4n) is 3.36. The quantitative estimate of drug-likeness (QED) is 0.266. The standard InChI is InChI=1S/C21H15Cl5N2O2S/c22-15-16(23)18(25)20(19(26)17(15)24)30-8-14(29)28-21-27-13(9-31-21)12-6-5-10-3-1-2-4-11(10)7-12/h5-7,9H,1-4,8H2,(H,27,28,29). The first-order valence-corrected chi connectivity index (χ1v) is 12.1. The highest BCUT2D eigenvalue weighted by Crippen LogP contribution is 2.48. The first-order chi connectivity index (χ1) is 14.8. The molecule has 162 valence electrons. The molecule has 1 heterocycles. The minimum absolute atomic E-state index is 0.00255. The van der Waals surface area contributed by atoms with Crippen LogP contribution in [0.5, 0.6) is 5.75 Å². The van der Waals surface area contributed by atoms with Crippen LogP contribution in [0.3, 0.4) is 0 Å². The molecule has 31 heavy (non-hydrogen) atoms. The number of amides is 1. The van der Waals surface area contributed by atoms with Gasteiger partial charge in [-0.1, -0.05) is 70.1 Å². The van der Waals surface area contributed by atoms with Crippen LogP contribution in [0.2, 0.25) is 25.1 Å². The molecule has 0 atom stereocenters. The lowest BCUT2D eigenvalue weighted by Crippen LogP contribution is -2.20. The van der Waals surface area contributed by atoms with E-state index in [4.69, 9.17) is 62.7 Å². The Morgan fingerprint density at radius 2 is 1.61 bits per heavy atom. The Kier molecular flexibility index (Phi) is 7.21. The maximum atomic E-state index is 12.3. The van der Waals surface area contributed by atoms with E-state index in [1.54, 1.807) is 0 Å². The van der Waals surface area contributed by atoms with Crippen molar-refractivity contribution >= 4 is 80.4 Å². The van der Waals surface area contributed by atoms with Crippen LogP contribution in [0.4, 0.5) is 5.13 Å². The summed E-state index contributed by atoms with van der Waals surface area (Å²) in [4.78, 5) is 16.9. The largest absolute Gasteiger partial charge is 0.481 e. The van der Waals surface area contributed by atoms with E-state index in [0.29, 0.717) is 5.13 Å². The third-order valence-corrected chi connectivity index (χ3v) is 7.91. The monoisotopic (exact) mass is 534 g/mol. The fourth-order valence-corrected chi connectivity index (χ4v) is 5.33. The molecule has 1 aromatic heterocycles. The topological polar surface area (TPSA) is 51.2 Å². The van der Waals surface area contributed by atoms with E-state index in [9.17, 15) is 4.79 Å². The summed E-state index contributed by atoms with van der Waals surface area (Å²) in [6.45, 7) is -0.360. The number of aromatic nitrogens is 1. The van der Waals surface area contributed by atoms with Gasteiger partial charge in [-0.25, -0.2) is 4.98 Å². The van der Waals surface area contributed by atoms with Crippen molar-refractivity contribution < 1.29 is 9.53 Å². The smallest absolute Gasteiger partial charge is 0.264 e. The predicted molar refractivity (Wildman–Crippen MR) is 130 cm³/mol. The number of aryl methyl sites for hydroxylation is 2. The Morgan fingerprint density at radius 1 is 0.968 bits per heavy atom. The van der Waals surface area contributed by atoms with E-state index < -0.39 is 5.91 Å². The van der Waals surface area contributed by atoms with Crippen molar-refractivity contribution in [3.05, 3.63) is 59.8 Å². The maximum absolute atomic E-state index is 12.3. The summed E-state index contributed by atoms with van der Waals surface area (Å²) in [5, 5.41) is 5.08. The Morgan fingerprint density at radius 3 is 2.32 bits per heavy atom. The van der Waals surface area contributed by atoms with Gasteiger partial charge in [0.15, 0.2) is 17.5 Å². The van der Waals surface area contributed by atoms with Crippen molar-refractivity contribution in [2.45, 2.75) is 25.7 Å². The molecule has 0 spiro atoms. The summed E-state index contributed by atoms with van der Waals surface area (Å²) in [5.41, 5.74) is 4.65. The van der Waals surface area contributed by atoms with Crippen molar-refractivity contribution in [1.82, 2.24) is 4.98 Å². The molecule has 0 radical (unpaired) electrons. The van der Waals surface area contributed by atoms with Crippen molar-refractivity contribution in [2.24, 2.45) is 0 Å². The molecular formula is C21H15Cl5N2O2S. The van der Waals surface area contributed by atoms with Gasteiger partial charge in [0, 0.05) is 10.9 Å². The highest BCUT2D eigenvalue weighted by molar-refractivity contribution is 7.14. The minimum atomic E-state index is -0.430. The lowest BCUT2D eigenvalue weighted by atomic mass is 9.90. The molecular weight excluding hydrogens is 522 g/mol. The number of fused-ring (bicyclic) bond motifs is 1. The van der Waals surface area contributed by atoms with E-state index >= 15 is 0 Å². The Balaban J connectivity index is 1.42. The molecule has 1 aliphatic carbocycles. The van der Waals surface area contributed by atoms with Crippen molar-refractivity contribution in [3.8, 4) is 17.0 Å². The summed E-state index contributed by atoms with van der Waals surface area (Å²) in [7, 11) is 0.